The lowest BCUT2D eigenvalue weighted by atomic mass is 9.73. The summed E-state index contributed by atoms with van der Waals surface area (Å²) in [6, 6.07) is 14.7. The van der Waals surface area contributed by atoms with Crippen LogP contribution in [0.4, 0.5) is 18.9 Å². The molecule has 4 aromatic rings. The predicted octanol–water partition coefficient (Wildman–Crippen LogP) is 8.85. The molecule has 1 saturated carbocycles. The Balaban J connectivity index is 1.09. The van der Waals surface area contributed by atoms with Gasteiger partial charge >= 0.3 is 12.1 Å². The van der Waals surface area contributed by atoms with Gasteiger partial charge in [-0.2, -0.15) is 13.2 Å². The molecule has 2 aliphatic rings. The Morgan fingerprint density at radius 3 is 2.23 bits per heavy atom. The first-order valence-electron chi connectivity index (χ1n) is 18.8. The molecule has 10 nitrogen and oxygen atoms in total. The fraction of sp³-hybridized carbons (Fsp3) is 0.372. The van der Waals surface area contributed by atoms with Crippen molar-refractivity contribution in [3.8, 4) is 22.9 Å². The van der Waals surface area contributed by atoms with Gasteiger partial charge in [0.2, 0.25) is 5.91 Å². The molecule has 1 heterocycles. The van der Waals surface area contributed by atoms with Gasteiger partial charge in [-0.1, -0.05) is 68.5 Å². The molecule has 0 radical (unpaired) electrons. The van der Waals surface area contributed by atoms with Crippen molar-refractivity contribution in [2.24, 2.45) is 11.8 Å². The number of allylic oxidation sites excluding steroid dienone is 2. The largest absolute Gasteiger partial charge is 0.497 e. The molecule has 3 aromatic carbocycles. The SMILES string of the molecule is COc1ccc(CC(=O)Nc2ccc(C(=O)N(CC(=O)O)Cc3ccc(-c4ncc(C5=CCC(C6CCCCC6)CC5)cn4)cc3)cc2OC)c(C(F)(F)F)c1. The number of ether oxygens (including phenoxy) is 2. The highest BCUT2D eigenvalue weighted by Gasteiger charge is 2.34. The molecule has 294 valence electrons. The van der Waals surface area contributed by atoms with E-state index in [9.17, 15) is 32.7 Å². The number of aliphatic carboxylic acids is 1. The normalized spacial score (nSPS) is 16.1. The summed E-state index contributed by atoms with van der Waals surface area (Å²) in [6.45, 7) is -0.613. The maximum atomic E-state index is 13.7. The molecule has 0 spiro atoms. The molecule has 2 aliphatic carbocycles. The number of nitrogens with one attached hydrogen (secondary N) is 1. The molecule has 1 unspecified atom stereocenters. The van der Waals surface area contributed by atoms with Gasteiger partial charge in [-0.05, 0) is 78.1 Å². The topological polar surface area (TPSA) is 131 Å². The van der Waals surface area contributed by atoms with Crippen molar-refractivity contribution in [1.29, 1.82) is 0 Å². The molecule has 6 rings (SSSR count). The number of carboxylic acid groups (broad SMARTS) is 1. The van der Waals surface area contributed by atoms with Crippen LogP contribution >= 0.6 is 0 Å². The Hall–Kier alpha value is -5.72. The smallest absolute Gasteiger partial charge is 0.416 e. The van der Waals surface area contributed by atoms with Gasteiger partial charge in [0.1, 0.15) is 18.0 Å². The number of anilines is 1. The summed E-state index contributed by atoms with van der Waals surface area (Å²) < 4.78 is 51.3. The lowest BCUT2D eigenvalue weighted by molar-refractivity contribution is -0.139. The van der Waals surface area contributed by atoms with Crippen LogP contribution in [0, 0.1) is 11.8 Å². The van der Waals surface area contributed by atoms with Crippen LogP contribution in [0.1, 0.15) is 84.0 Å². The maximum absolute atomic E-state index is 13.7. The van der Waals surface area contributed by atoms with E-state index in [-0.39, 0.29) is 34.9 Å². The number of benzene rings is 3. The molecule has 0 bridgehead atoms. The average Bonchev–Trinajstić information content (AvgIpc) is 3.21. The fourth-order valence-corrected chi connectivity index (χ4v) is 7.71. The van der Waals surface area contributed by atoms with E-state index < -0.39 is 42.5 Å². The van der Waals surface area contributed by atoms with Crippen LogP contribution in [0.3, 0.4) is 0 Å². The molecular weight excluding hydrogens is 725 g/mol. The molecule has 1 atom stereocenters. The summed E-state index contributed by atoms with van der Waals surface area (Å²) >= 11 is 0. The van der Waals surface area contributed by atoms with E-state index in [2.05, 4.69) is 21.4 Å². The number of nitrogens with zero attached hydrogens (tertiary/aromatic N) is 3. The minimum absolute atomic E-state index is 0.00210. The third-order valence-corrected chi connectivity index (χ3v) is 10.7. The number of carbonyl (C=O) groups is 3. The third-order valence-electron chi connectivity index (χ3n) is 10.7. The van der Waals surface area contributed by atoms with E-state index in [0.29, 0.717) is 11.4 Å². The number of halogens is 3. The van der Waals surface area contributed by atoms with Crippen molar-refractivity contribution in [3.05, 3.63) is 107 Å². The second-order valence-corrected chi connectivity index (χ2v) is 14.4. The minimum atomic E-state index is -4.71. The average molecular weight is 771 g/mol. The number of carboxylic acids is 1. The van der Waals surface area contributed by atoms with Crippen LogP contribution in [0.25, 0.3) is 17.0 Å². The number of carbonyl (C=O) groups excluding carboxylic acids is 2. The summed E-state index contributed by atoms with van der Waals surface area (Å²) in [6.07, 6.45) is 11.0. The summed E-state index contributed by atoms with van der Waals surface area (Å²) in [4.78, 5) is 48.7. The van der Waals surface area contributed by atoms with E-state index in [4.69, 9.17) is 9.47 Å². The third kappa shape index (κ3) is 9.92. The highest BCUT2D eigenvalue weighted by molar-refractivity contribution is 5.99. The number of hydrogen-bond acceptors (Lipinski definition) is 7. The Labute approximate surface area is 323 Å². The first-order chi connectivity index (χ1) is 26.9. The van der Waals surface area contributed by atoms with Crippen molar-refractivity contribution in [1.82, 2.24) is 14.9 Å². The van der Waals surface area contributed by atoms with Crippen LogP contribution in [-0.4, -0.2) is 58.5 Å². The zero-order valence-electron chi connectivity index (χ0n) is 31.4. The fourth-order valence-electron chi connectivity index (χ4n) is 7.71. The van der Waals surface area contributed by atoms with Crippen molar-refractivity contribution in [2.45, 2.75) is 70.5 Å². The number of methoxy groups -OCH3 is 2. The first-order valence-corrected chi connectivity index (χ1v) is 18.8. The Bertz CT molecular complexity index is 2060. The number of alkyl halides is 3. The number of aromatic nitrogens is 2. The van der Waals surface area contributed by atoms with Crippen LogP contribution in [0.2, 0.25) is 0 Å². The van der Waals surface area contributed by atoms with Gasteiger partial charge in [-0.25, -0.2) is 9.97 Å². The van der Waals surface area contributed by atoms with Crippen molar-refractivity contribution >= 4 is 29.0 Å². The molecule has 1 fully saturated rings. The molecule has 13 heteroatoms. The van der Waals surface area contributed by atoms with E-state index >= 15 is 0 Å². The van der Waals surface area contributed by atoms with Crippen molar-refractivity contribution in [2.75, 3.05) is 26.1 Å². The molecule has 0 aliphatic heterocycles. The first kappa shape index (κ1) is 40.0. The summed E-state index contributed by atoms with van der Waals surface area (Å²) in [5.74, 6) is -0.320. The van der Waals surface area contributed by atoms with Gasteiger partial charge < -0.3 is 24.8 Å². The zero-order chi connectivity index (χ0) is 39.8. The van der Waals surface area contributed by atoms with Crippen molar-refractivity contribution in [3.63, 3.8) is 0 Å². The second kappa shape index (κ2) is 17.8. The highest BCUT2D eigenvalue weighted by Crippen LogP contribution is 2.40. The molecular formula is C43H45F3N4O6. The molecule has 2 N–H and O–H groups in total. The van der Waals surface area contributed by atoms with Gasteiger partial charge in [0.05, 0.1) is 31.9 Å². The Kier molecular flexibility index (Phi) is 12.7. The predicted molar refractivity (Wildman–Crippen MR) is 205 cm³/mol. The van der Waals surface area contributed by atoms with E-state index in [1.54, 1.807) is 12.1 Å². The summed E-state index contributed by atoms with van der Waals surface area (Å²) in [5.41, 5.74) is 2.73. The minimum Gasteiger partial charge on any atom is -0.497 e. The Morgan fingerprint density at radius 1 is 0.875 bits per heavy atom. The zero-order valence-corrected chi connectivity index (χ0v) is 31.4. The van der Waals surface area contributed by atoms with Gasteiger partial charge in [0, 0.05) is 35.6 Å². The number of hydrogen-bond donors (Lipinski definition) is 2. The van der Waals surface area contributed by atoms with E-state index in [0.717, 1.165) is 46.8 Å². The highest BCUT2D eigenvalue weighted by atomic mass is 19.4. The van der Waals surface area contributed by atoms with Crippen LogP contribution in [0.15, 0.2) is 79.1 Å². The number of rotatable bonds is 13. The standard InChI is InChI=1S/C43H45F3N4O6/c1-55-35-18-16-32(36(22-35)43(44,45)46)21-39(51)49-37-19-17-33(20-38(37)56-2)42(54)50(26-40(52)53)25-27-8-10-31(11-9-27)41-47-23-34(24-48-41)30-14-12-29(13-15-30)28-6-4-3-5-7-28/h8-11,14,16-20,22-24,28-29H,3-7,12-13,15,21,25-26H2,1-2H3,(H,49,51)(H,52,53). The summed E-state index contributed by atoms with van der Waals surface area (Å²) in [5, 5.41) is 12.2. The van der Waals surface area contributed by atoms with Crippen molar-refractivity contribution < 1.29 is 42.1 Å². The van der Waals surface area contributed by atoms with Gasteiger partial charge in [0.15, 0.2) is 5.82 Å². The number of amides is 2. The Morgan fingerprint density at radius 2 is 1.61 bits per heavy atom. The van der Waals surface area contributed by atoms with Gasteiger partial charge in [-0.15, -0.1) is 0 Å². The molecule has 1 aromatic heterocycles. The van der Waals surface area contributed by atoms with E-state index in [1.807, 2.05) is 24.5 Å². The second-order valence-electron chi connectivity index (χ2n) is 14.4. The monoisotopic (exact) mass is 770 g/mol. The van der Waals surface area contributed by atoms with Gasteiger partial charge in [0.25, 0.3) is 5.91 Å². The van der Waals surface area contributed by atoms with Gasteiger partial charge in [-0.3, -0.25) is 14.4 Å². The molecule has 56 heavy (non-hydrogen) atoms. The lowest BCUT2D eigenvalue weighted by Gasteiger charge is -2.32. The van der Waals surface area contributed by atoms with Crippen LogP contribution in [-0.2, 0) is 28.7 Å². The van der Waals surface area contributed by atoms with Crippen LogP contribution in [0.5, 0.6) is 11.5 Å². The maximum Gasteiger partial charge on any atom is 0.416 e. The summed E-state index contributed by atoms with van der Waals surface area (Å²) in [7, 11) is 2.55. The van der Waals surface area contributed by atoms with Crippen LogP contribution < -0.4 is 14.8 Å². The lowest BCUT2D eigenvalue weighted by Crippen LogP contribution is -2.35. The molecule has 0 saturated heterocycles. The molecule has 2 amide bonds. The quantitative estimate of drug-likeness (QED) is 0.138. The van der Waals surface area contributed by atoms with E-state index in [1.165, 1.54) is 88.6 Å².